The molecule has 0 radical (unpaired) electrons. The average Bonchev–Trinajstić information content (AvgIpc) is 2.28. The van der Waals surface area contributed by atoms with Crippen LogP contribution in [0.3, 0.4) is 0 Å². The van der Waals surface area contributed by atoms with E-state index in [2.05, 4.69) is 6.92 Å². The number of nitrogens with two attached hydrogens (primary N) is 1. The molecular weight excluding hydrogens is 240 g/mol. The number of rotatable bonds is 6. The lowest BCUT2D eigenvalue weighted by Crippen LogP contribution is -2.10. The summed E-state index contributed by atoms with van der Waals surface area (Å²) in [4.78, 5) is 10.2. The van der Waals surface area contributed by atoms with Crippen molar-refractivity contribution in [3.63, 3.8) is 0 Å². The van der Waals surface area contributed by atoms with Crippen LogP contribution in [-0.4, -0.2) is 4.92 Å². The van der Waals surface area contributed by atoms with Crippen LogP contribution >= 0.6 is 11.6 Å². The Hall–Kier alpha value is -1.13. The summed E-state index contributed by atoms with van der Waals surface area (Å²) < 4.78 is 0. The molecule has 1 unspecified atom stereocenters. The molecule has 5 heteroatoms. The maximum atomic E-state index is 10.7. The number of hydrogen-bond donors (Lipinski definition) is 1. The van der Waals surface area contributed by atoms with E-state index in [-0.39, 0.29) is 11.7 Å². The Morgan fingerprint density at radius 1 is 1.41 bits per heavy atom. The van der Waals surface area contributed by atoms with Gasteiger partial charge in [-0.05, 0) is 18.1 Å². The maximum absolute atomic E-state index is 10.7. The van der Waals surface area contributed by atoms with Gasteiger partial charge in [0.25, 0.3) is 5.69 Å². The van der Waals surface area contributed by atoms with Crippen molar-refractivity contribution in [3.05, 3.63) is 38.9 Å². The lowest BCUT2D eigenvalue weighted by molar-refractivity contribution is -0.384. The number of halogens is 1. The summed E-state index contributed by atoms with van der Waals surface area (Å²) in [5.41, 5.74) is 6.73. The molecule has 0 aliphatic heterocycles. The molecule has 1 aromatic carbocycles. The first-order valence-corrected chi connectivity index (χ1v) is 6.13. The first kappa shape index (κ1) is 13.9. The van der Waals surface area contributed by atoms with Crippen molar-refractivity contribution in [2.45, 2.75) is 38.6 Å². The fraction of sp³-hybridized carbons (Fsp3) is 0.500. The van der Waals surface area contributed by atoms with Crippen molar-refractivity contribution >= 4 is 17.3 Å². The fourth-order valence-electron chi connectivity index (χ4n) is 1.70. The van der Waals surface area contributed by atoms with E-state index in [9.17, 15) is 10.1 Å². The second-order valence-electron chi connectivity index (χ2n) is 4.10. The molecule has 0 bridgehead atoms. The molecule has 1 rings (SSSR count). The predicted octanol–water partition coefficient (Wildman–Crippen LogP) is 3.83. The standard InChI is InChI=1S/C12H17ClN2O2/c1-2-3-4-5-12(14)9-6-10(13)8-11(7-9)15(16)17/h6-8,12H,2-5,14H2,1H3. The van der Waals surface area contributed by atoms with Crippen molar-refractivity contribution in [2.75, 3.05) is 0 Å². The summed E-state index contributed by atoms with van der Waals surface area (Å²) in [5.74, 6) is 0. The molecule has 94 valence electrons. The van der Waals surface area contributed by atoms with Gasteiger partial charge in [-0.25, -0.2) is 0 Å². The number of nitro benzene ring substituents is 1. The van der Waals surface area contributed by atoms with E-state index in [0.29, 0.717) is 5.02 Å². The van der Waals surface area contributed by atoms with Gasteiger partial charge in [0.15, 0.2) is 0 Å². The number of hydrogen-bond acceptors (Lipinski definition) is 3. The highest BCUT2D eigenvalue weighted by Crippen LogP contribution is 2.26. The number of nitro groups is 1. The van der Waals surface area contributed by atoms with Gasteiger partial charge in [0.2, 0.25) is 0 Å². The van der Waals surface area contributed by atoms with Crippen LogP contribution in [0, 0.1) is 10.1 Å². The second kappa shape index (κ2) is 6.57. The monoisotopic (exact) mass is 256 g/mol. The molecule has 0 aliphatic rings. The minimum absolute atomic E-state index is 0.00144. The summed E-state index contributed by atoms with van der Waals surface area (Å²) in [6.45, 7) is 2.12. The highest BCUT2D eigenvalue weighted by Gasteiger charge is 2.13. The van der Waals surface area contributed by atoms with E-state index in [4.69, 9.17) is 17.3 Å². The van der Waals surface area contributed by atoms with Crippen molar-refractivity contribution in [1.82, 2.24) is 0 Å². The third-order valence-corrected chi connectivity index (χ3v) is 2.88. The van der Waals surface area contributed by atoms with E-state index >= 15 is 0 Å². The molecule has 0 saturated heterocycles. The SMILES string of the molecule is CCCCCC(N)c1cc(Cl)cc([N+](=O)[O-])c1. The highest BCUT2D eigenvalue weighted by atomic mass is 35.5. The van der Waals surface area contributed by atoms with Gasteiger partial charge in [-0.2, -0.15) is 0 Å². The van der Waals surface area contributed by atoms with Crippen LogP contribution in [0.15, 0.2) is 18.2 Å². The summed E-state index contributed by atoms with van der Waals surface area (Å²) in [7, 11) is 0. The van der Waals surface area contributed by atoms with Gasteiger partial charge in [0.05, 0.1) is 4.92 Å². The maximum Gasteiger partial charge on any atom is 0.271 e. The Morgan fingerprint density at radius 2 is 2.12 bits per heavy atom. The largest absolute Gasteiger partial charge is 0.324 e. The minimum Gasteiger partial charge on any atom is -0.324 e. The van der Waals surface area contributed by atoms with E-state index in [1.165, 1.54) is 12.1 Å². The first-order valence-electron chi connectivity index (χ1n) is 5.75. The molecular formula is C12H17ClN2O2. The summed E-state index contributed by atoms with van der Waals surface area (Å²) in [6, 6.07) is 4.36. The number of benzene rings is 1. The molecule has 0 amide bonds. The topological polar surface area (TPSA) is 69.2 Å². The van der Waals surface area contributed by atoms with Crippen LogP contribution in [0.4, 0.5) is 5.69 Å². The van der Waals surface area contributed by atoms with E-state index in [1.807, 2.05) is 0 Å². The molecule has 0 heterocycles. The Balaban J connectivity index is 2.78. The summed E-state index contributed by atoms with van der Waals surface area (Å²) in [6.07, 6.45) is 4.10. The quantitative estimate of drug-likeness (QED) is 0.478. The molecule has 1 aromatic rings. The molecule has 4 nitrogen and oxygen atoms in total. The third kappa shape index (κ3) is 4.32. The van der Waals surface area contributed by atoms with Crippen molar-refractivity contribution < 1.29 is 4.92 Å². The zero-order valence-electron chi connectivity index (χ0n) is 9.86. The van der Waals surface area contributed by atoms with Gasteiger partial charge in [0.1, 0.15) is 0 Å². The van der Waals surface area contributed by atoms with Gasteiger partial charge < -0.3 is 5.73 Å². The van der Waals surface area contributed by atoms with Crippen LogP contribution in [-0.2, 0) is 0 Å². The molecule has 0 fully saturated rings. The van der Waals surface area contributed by atoms with Gasteiger partial charge in [-0.1, -0.05) is 37.8 Å². The highest BCUT2D eigenvalue weighted by molar-refractivity contribution is 6.30. The Kier molecular flexibility index (Phi) is 5.38. The summed E-state index contributed by atoms with van der Waals surface area (Å²) >= 11 is 5.84. The van der Waals surface area contributed by atoms with Crippen molar-refractivity contribution in [2.24, 2.45) is 5.73 Å². The van der Waals surface area contributed by atoms with Crippen molar-refractivity contribution in [3.8, 4) is 0 Å². The number of unbranched alkanes of at least 4 members (excludes halogenated alkanes) is 2. The van der Waals surface area contributed by atoms with Crippen LogP contribution in [0.1, 0.15) is 44.2 Å². The molecule has 0 aromatic heterocycles. The average molecular weight is 257 g/mol. The lowest BCUT2D eigenvalue weighted by atomic mass is 10.0. The van der Waals surface area contributed by atoms with Crippen LogP contribution < -0.4 is 5.73 Å². The summed E-state index contributed by atoms with van der Waals surface area (Å²) in [5, 5.41) is 11.1. The molecule has 1 atom stereocenters. The third-order valence-electron chi connectivity index (χ3n) is 2.66. The molecule has 0 spiro atoms. The lowest BCUT2D eigenvalue weighted by Gasteiger charge is -2.11. The molecule has 0 saturated carbocycles. The van der Waals surface area contributed by atoms with Crippen LogP contribution in [0.5, 0.6) is 0 Å². The fourth-order valence-corrected chi connectivity index (χ4v) is 1.93. The molecule has 0 aliphatic carbocycles. The first-order chi connectivity index (χ1) is 8.04. The zero-order chi connectivity index (χ0) is 12.8. The molecule has 17 heavy (non-hydrogen) atoms. The number of non-ortho nitro benzene ring substituents is 1. The van der Waals surface area contributed by atoms with E-state index < -0.39 is 4.92 Å². The predicted molar refractivity (Wildman–Crippen MR) is 69.2 cm³/mol. The van der Waals surface area contributed by atoms with Gasteiger partial charge in [-0.3, -0.25) is 10.1 Å². The van der Waals surface area contributed by atoms with Gasteiger partial charge >= 0.3 is 0 Å². The Morgan fingerprint density at radius 3 is 2.71 bits per heavy atom. The normalized spacial score (nSPS) is 12.4. The van der Waals surface area contributed by atoms with Gasteiger partial charge in [-0.15, -0.1) is 0 Å². The molecule has 2 N–H and O–H groups in total. The van der Waals surface area contributed by atoms with Crippen molar-refractivity contribution in [1.29, 1.82) is 0 Å². The van der Waals surface area contributed by atoms with Crippen LogP contribution in [0.25, 0.3) is 0 Å². The smallest absolute Gasteiger partial charge is 0.271 e. The zero-order valence-corrected chi connectivity index (χ0v) is 10.6. The van der Waals surface area contributed by atoms with E-state index in [0.717, 1.165) is 31.2 Å². The number of nitrogens with zero attached hydrogens (tertiary/aromatic N) is 1. The van der Waals surface area contributed by atoms with E-state index in [1.54, 1.807) is 6.07 Å². The van der Waals surface area contributed by atoms with Gasteiger partial charge in [0, 0.05) is 23.2 Å². The van der Waals surface area contributed by atoms with Crippen LogP contribution in [0.2, 0.25) is 5.02 Å². The Bertz CT molecular complexity index is 396. The Labute approximate surface area is 106 Å². The second-order valence-corrected chi connectivity index (χ2v) is 4.54. The minimum atomic E-state index is -0.450.